The highest BCUT2D eigenvalue weighted by molar-refractivity contribution is 5.84. The van der Waals surface area contributed by atoms with Crippen LogP contribution < -0.4 is 0 Å². The van der Waals surface area contributed by atoms with Crippen molar-refractivity contribution in [2.45, 2.75) is 55.9 Å². The predicted octanol–water partition coefficient (Wildman–Crippen LogP) is 4.42. The van der Waals surface area contributed by atoms with E-state index in [0.717, 1.165) is 0 Å². The molecule has 0 aromatic rings. The van der Waals surface area contributed by atoms with E-state index in [4.69, 9.17) is 0 Å². The molecular formula is C12H12F11NO2. The van der Waals surface area contributed by atoms with Gasteiger partial charge >= 0.3 is 30.2 Å². The summed E-state index contributed by atoms with van der Waals surface area (Å²) in [6.07, 6.45) is -19.8. The van der Waals surface area contributed by atoms with Crippen LogP contribution >= 0.6 is 0 Å². The van der Waals surface area contributed by atoms with Crippen LogP contribution in [0.2, 0.25) is 0 Å². The van der Waals surface area contributed by atoms with Crippen molar-refractivity contribution in [1.29, 1.82) is 0 Å². The highest BCUT2D eigenvalue weighted by Crippen LogP contribution is 2.51. The molecule has 1 saturated heterocycles. The van der Waals surface area contributed by atoms with Crippen molar-refractivity contribution in [2.75, 3.05) is 13.1 Å². The van der Waals surface area contributed by atoms with Crippen molar-refractivity contribution in [3.05, 3.63) is 0 Å². The SMILES string of the molecule is O=C(N1CCCCCC1)[C@@](F)(OC(F)(F)C(F)(F)C(F)(F)F)C(F)(F)F. The summed E-state index contributed by atoms with van der Waals surface area (Å²) in [6, 6.07) is 0. The fourth-order valence-electron chi connectivity index (χ4n) is 2.11. The Morgan fingerprint density at radius 1 is 0.692 bits per heavy atom. The van der Waals surface area contributed by atoms with Crippen molar-refractivity contribution >= 4 is 5.91 Å². The summed E-state index contributed by atoms with van der Waals surface area (Å²) in [6.45, 7) is -1.07. The molecule has 3 nitrogen and oxygen atoms in total. The van der Waals surface area contributed by atoms with E-state index in [1.807, 2.05) is 0 Å². The molecule has 26 heavy (non-hydrogen) atoms. The Labute approximate surface area is 139 Å². The van der Waals surface area contributed by atoms with Gasteiger partial charge in [0, 0.05) is 13.1 Å². The number of likely N-dealkylation sites (tertiary alicyclic amines) is 1. The Morgan fingerprint density at radius 2 is 1.12 bits per heavy atom. The van der Waals surface area contributed by atoms with E-state index in [0.29, 0.717) is 12.8 Å². The number of carbonyl (C=O) groups is 1. The Kier molecular flexibility index (Phi) is 6.11. The smallest absolute Gasteiger partial charge is 0.337 e. The molecule has 1 aliphatic rings. The lowest BCUT2D eigenvalue weighted by molar-refractivity contribution is -0.473. The van der Waals surface area contributed by atoms with Gasteiger partial charge < -0.3 is 4.90 Å². The zero-order valence-electron chi connectivity index (χ0n) is 12.7. The number of halogens is 11. The van der Waals surface area contributed by atoms with Crippen molar-refractivity contribution in [3.63, 3.8) is 0 Å². The van der Waals surface area contributed by atoms with Crippen molar-refractivity contribution < 1.29 is 57.8 Å². The van der Waals surface area contributed by atoms with E-state index in [-0.39, 0.29) is 17.7 Å². The van der Waals surface area contributed by atoms with Gasteiger partial charge in [0.05, 0.1) is 0 Å². The number of hydrogen-bond donors (Lipinski definition) is 0. The third-order valence-electron chi connectivity index (χ3n) is 3.52. The average molecular weight is 411 g/mol. The lowest BCUT2D eigenvalue weighted by Gasteiger charge is -2.36. The fraction of sp³-hybridized carbons (Fsp3) is 0.917. The molecule has 0 unspecified atom stereocenters. The number of carbonyl (C=O) groups excluding carboxylic acids is 1. The van der Waals surface area contributed by atoms with Crippen LogP contribution in [0.5, 0.6) is 0 Å². The normalized spacial score (nSPS) is 20.5. The van der Waals surface area contributed by atoms with Crippen LogP contribution in [0.3, 0.4) is 0 Å². The lowest BCUT2D eigenvalue weighted by atomic mass is 10.2. The summed E-state index contributed by atoms with van der Waals surface area (Å²) in [4.78, 5) is 11.8. The topological polar surface area (TPSA) is 29.5 Å². The van der Waals surface area contributed by atoms with Gasteiger partial charge in [-0.1, -0.05) is 12.8 Å². The van der Waals surface area contributed by atoms with Crippen LogP contribution in [0, 0.1) is 0 Å². The van der Waals surface area contributed by atoms with Gasteiger partial charge in [0.2, 0.25) is 0 Å². The minimum atomic E-state index is -7.18. The molecule has 0 aliphatic carbocycles. The van der Waals surface area contributed by atoms with Gasteiger partial charge in [0.1, 0.15) is 0 Å². The molecule has 0 aromatic carbocycles. The van der Waals surface area contributed by atoms with Crippen LogP contribution in [0.25, 0.3) is 0 Å². The summed E-state index contributed by atoms with van der Waals surface area (Å²) < 4.78 is 143. The van der Waals surface area contributed by atoms with Crippen molar-refractivity contribution in [3.8, 4) is 0 Å². The zero-order chi connectivity index (χ0) is 20.6. The summed E-state index contributed by atoms with van der Waals surface area (Å²) >= 11 is 0. The third-order valence-corrected chi connectivity index (χ3v) is 3.52. The number of nitrogens with zero attached hydrogens (tertiary/aromatic N) is 1. The molecule has 0 aromatic heterocycles. The Bertz CT molecular complexity index is 508. The van der Waals surface area contributed by atoms with Crippen LogP contribution in [0.15, 0.2) is 0 Å². The Balaban J connectivity index is 3.26. The Morgan fingerprint density at radius 3 is 1.46 bits per heavy atom. The standard InChI is InChI=1S/C12H12F11NO2/c13-8(10(16,17)18,7(25)24-5-3-1-2-4-6-24)26-12(22,23)9(14,15)11(19,20)21/h1-6H2/t8-/m1/s1. The molecule has 1 aliphatic heterocycles. The predicted molar refractivity (Wildman–Crippen MR) is 62.0 cm³/mol. The molecule has 0 radical (unpaired) electrons. The second-order valence-corrected chi connectivity index (χ2v) is 5.49. The van der Waals surface area contributed by atoms with E-state index >= 15 is 0 Å². The van der Waals surface area contributed by atoms with E-state index in [1.165, 1.54) is 0 Å². The van der Waals surface area contributed by atoms with Gasteiger partial charge in [-0.3, -0.25) is 9.53 Å². The van der Waals surface area contributed by atoms with Crippen LogP contribution in [0.1, 0.15) is 25.7 Å². The molecule has 14 heteroatoms. The molecule has 1 heterocycles. The molecule has 1 amide bonds. The highest BCUT2D eigenvalue weighted by atomic mass is 19.4. The largest absolute Gasteiger partial charge is 0.462 e. The zero-order valence-corrected chi connectivity index (χ0v) is 12.7. The maximum Gasteiger partial charge on any atom is 0.462 e. The minimum absolute atomic E-state index is 0.0504. The summed E-state index contributed by atoms with van der Waals surface area (Å²) in [5.74, 6) is -16.1. The first-order valence-electron chi connectivity index (χ1n) is 7.05. The van der Waals surface area contributed by atoms with E-state index in [1.54, 1.807) is 0 Å². The van der Waals surface area contributed by atoms with Crippen LogP contribution in [-0.4, -0.2) is 54.1 Å². The molecule has 1 rings (SSSR count). The molecule has 0 N–H and O–H groups in total. The van der Waals surface area contributed by atoms with Crippen molar-refractivity contribution in [1.82, 2.24) is 4.90 Å². The number of hydrogen-bond acceptors (Lipinski definition) is 2. The van der Waals surface area contributed by atoms with E-state index < -0.39 is 49.2 Å². The number of amides is 1. The summed E-state index contributed by atoms with van der Waals surface area (Å²) in [7, 11) is 0. The first kappa shape index (κ1) is 22.7. The number of rotatable bonds is 4. The van der Waals surface area contributed by atoms with Gasteiger partial charge in [-0.25, -0.2) is 0 Å². The van der Waals surface area contributed by atoms with Crippen LogP contribution in [0.4, 0.5) is 48.3 Å². The second-order valence-electron chi connectivity index (χ2n) is 5.49. The highest BCUT2D eigenvalue weighted by Gasteiger charge is 2.79. The first-order valence-corrected chi connectivity index (χ1v) is 7.05. The summed E-state index contributed by atoms with van der Waals surface area (Å²) in [5, 5.41) is 0. The van der Waals surface area contributed by atoms with E-state index in [9.17, 15) is 53.1 Å². The molecule has 1 fully saturated rings. The lowest BCUT2D eigenvalue weighted by Crippen LogP contribution is -2.64. The maximum absolute atomic E-state index is 14.1. The average Bonchev–Trinajstić information content (AvgIpc) is 2.72. The monoisotopic (exact) mass is 411 g/mol. The molecule has 1 atom stereocenters. The third kappa shape index (κ3) is 4.14. The fourth-order valence-corrected chi connectivity index (χ4v) is 2.11. The summed E-state index contributed by atoms with van der Waals surface area (Å²) in [5.41, 5.74) is 0. The van der Waals surface area contributed by atoms with Gasteiger partial charge in [0.15, 0.2) is 0 Å². The van der Waals surface area contributed by atoms with E-state index in [2.05, 4.69) is 4.74 Å². The second kappa shape index (κ2) is 7.00. The van der Waals surface area contributed by atoms with Crippen LogP contribution in [-0.2, 0) is 9.53 Å². The van der Waals surface area contributed by atoms with Gasteiger partial charge in [0.25, 0.3) is 5.91 Å². The molecule has 154 valence electrons. The minimum Gasteiger partial charge on any atom is -0.337 e. The molecule has 0 spiro atoms. The number of ether oxygens (including phenoxy) is 1. The first-order chi connectivity index (χ1) is 11.5. The quantitative estimate of drug-likeness (QED) is 0.641. The van der Waals surface area contributed by atoms with Crippen molar-refractivity contribution in [2.24, 2.45) is 0 Å². The maximum atomic E-state index is 14.1. The molecular weight excluding hydrogens is 399 g/mol. The van der Waals surface area contributed by atoms with Gasteiger partial charge in [-0.15, -0.1) is 0 Å². The molecule has 0 bridgehead atoms. The van der Waals surface area contributed by atoms with Gasteiger partial charge in [-0.05, 0) is 12.8 Å². The number of alkyl halides is 11. The Hall–Kier alpha value is -1.34. The van der Waals surface area contributed by atoms with Gasteiger partial charge in [-0.2, -0.15) is 48.3 Å². The molecule has 0 saturated carbocycles.